The number of aromatic nitrogens is 1. The molecule has 2 aliphatic rings. The molecule has 4 rings (SSSR count). The lowest BCUT2D eigenvalue weighted by atomic mass is 9.89. The van der Waals surface area contributed by atoms with Crippen molar-refractivity contribution in [3.63, 3.8) is 0 Å². The van der Waals surface area contributed by atoms with Crippen LogP contribution in [0.15, 0.2) is 21.2 Å². The van der Waals surface area contributed by atoms with Gasteiger partial charge in [-0.25, -0.2) is 4.98 Å². The van der Waals surface area contributed by atoms with Gasteiger partial charge in [0.25, 0.3) is 0 Å². The lowest BCUT2D eigenvalue weighted by Gasteiger charge is -2.39. The second kappa shape index (κ2) is 7.78. The van der Waals surface area contributed by atoms with Gasteiger partial charge in [-0.15, -0.1) is 0 Å². The number of likely N-dealkylation sites (N-methyl/N-ethyl adjacent to an activating group) is 1. The Morgan fingerprint density at radius 1 is 1.30 bits per heavy atom. The van der Waals surface area contributed by atoms with Crippen molar-refractivity contribution in [1.29, 1.82) is 5.26 Å². The molecule has 0 aliphatic heterocycles. The Morgan fingerprint density at radius 3 is 2.74 bits per heavy atom. The Hall–Kier alpha value is -1.62. The van der Waals surface area contributed by atoms with E-state index in [-0.39, 0.29) is 6.10 Å². The van der Waals surface area contributed by atoms with E-state index in [0.717, 1.165) is 60.6 Å². The van der Waals surface area contributed by atoms with Crippen LogP contribution in [0, 0.1) is 11.3 Å². The van der Waals surface area contributed by atoms with Gasteiger partial charge in [0.1, 0.15) is 11.9 Å². The predicted molar refractivity (Wildman–Crippen MR) is 107 cm³/mol. The highest BCUT2D eigenvalue weighted by atomic mass is 79.9. The number of anilines is 1. The lowest BCUT2D eigenvalue weighted by molar-refractivity contribution is 0.0489. The minimum absolute atomic E-state index is 0.161. The Bertz CT molecular complexity index is 854. The molecule has 1 unspecified atom stereocenters. The van der Waals surface area contributed by atoms with Crippen molar-refractivity contribution >= 4 is 32.7 Å². The van der Waals surface area contributed by atoms with Gasteiger partial charge < -0.3 is 14.8 Å². The summed E-state index contributed by atoms with van der Waals surface area (Å²) in [6, 6.07) is 5.03. The van der Waals surface area contributed by atoms with E-state index >= 15 is 0 Å². The predicted octanol–water partition coefficient (Wildman–Crippen LogP) is 4.03. The highest BCUT2D eigenvalue weighted by molar-refractivity contribution is 9.10. The average molecular weight is 433 g/mol. The highest BCUT2D eigenvalue weighted by Crippen LogP contribution is 2.34. The first-order chi connectivity index (χ1) is 13.1. The fourth-order valence-corrected chi connectivity index (χ4v) is 5.15. The normalized spacial score (nSPS) is 28.6. The smallest absolute Gasteiger partial charge is 0.204 e. The summed E-state index contributed by atoms with van der Waals surface area (Å²) in [5.74, 6) is 1.10. The molecule has 0 spiro atoms. The molecule has 0 amide bonds. The van der Waals surface area contributed by atoms with Crippen molar-refractivity contribution in [2.45, 2.75) is 69.2 Å². The Morgan fingerprint density at radius 2 is 2.07 bits per heavy atom. The average Bonchev–Trinajstić information content (AvgIpc) is 3.30. The number of pyridine rings is 1. The number of rotatable bonds is 4. The van der Waals surface area contributed by atoms with Crippen LogP contribution in [0.4, 0.5) is 5.82 Å². The first kappa shape index (κ1) is 18.7. The van der Waals surface area contributed by atoms with Crippen LogP contribution in [0.5, 0.6) is 0 Å². The number of furan rings is 1. The molecule has 0 radical (unpaired) electrons. The van der Waals surface area contributed by atoms with Crippen LogP contribution in [0.2, 0.25) is 0 Å². The molecule has 0 aromatic carbocycles. The molecule has 6 nitrogen and oxygen atoms in total. The number of aliphatic hydroxyl groups is 1. The molecule has 2 N–H and O–H groups in total. The van der Waals surface area contributed by atoms with E-state index in [1.165, 1.54) is 0 Å². The van der Waals surface area contributed by atoms with Crippen LogP contribution in [0.1, 0.15) is 50.7 Å². The van der Waals surface area contributed by atoms with Crippen molar-refractivity contribution in [3.05, 3.63) is 22.5 Å². The monoisotopic (exact) mass is 432 g/mol. The third-order valence-corrected chi connectivity index (χ3v) is 7.01. The van der Waals surface area contributed by atoms with Crippen LogP contribution in [0.3, 0.4) is 0 Å². The molecule has 27 heavy (non-hydrogen) atoms. The van der Waals surface area contributed by atoms with E-state index in [4.69, 9.17) is 9.68 Å². The Kier molecular flexibility index (Phi) is 5.40. The van der Waals surface area contributed by atoms with E-state index in [9.17, 15) is 5.11 Å². The Balaban J connectivity index is 1.38. The SMILES string of the molecule is CN(C1CCC(Nc2ncc3oc(C#N)cc3c2Br)CC1)C1CCC[C@@H]1O. The standard InChI is InChI=1S/C20H25BrN4O2/c1-25(16-3-2-4-17(16)26)13-7-5-12(6-8-13)24-20-19(21)15-9-14(10-22)27-18(15)11-23-20/h9,11-13,16-17,26H,2-8H2,1H3,(H,23,24)/t12?,13?,16?,17-/m0/s1. The number of fused-ring (bicyclic) bond motifs is 1. The van der Waals surface area contributed by atoms with E-state index < -0.39 is 0 Å². The van der Waals surface area contributed by atoms with Crippen LogP contribution in [0.25, 0.3) is 11.0 Å². The maximum atomic E-state index is 10.2. The summed E-state index contributed by atoms with van der Waals surface area (Å²) >= 11 is 3.61. The molecule has 0 bridgehead atoms. The number of hydrogen-bond donors (Lipinski definition) is 2. The fraction of sp³-hybridized carbons (Fsp3) is 0.600. The zero-order valence-electron chi connectivity index (χ0n) is 15.5. The molecule has 2 aromatic rings. The zero-order chi connectivity index (χ0) is 19.0. The fourth-order valence-electron chi connectivity index (χ4n) is 4.62. The summed E-state index contributed by atoms with van der Waals surface area (Å²) in [6.45, 7) is 0. The van der Waals surface area contributed by atoms with Gasteiger partial charge >= 0.3 is 0 Å². The minimum Gasteiger partial charge on any atom is -0.444 e. The summed E-state index contributed by atoms with van der Waals surface area (Å²) < 4.78 is 6.28. The first-order valence-electron chi connectivity index (χ1n) is 9.71. The van der Waals surface area contributed by atoms with E-state index in [1.807, 2.05) is 6.07 Å². The number of hydrogen-bond acceptors (Lipinski definition) is 6. The number of nitrogens with one attached hydrogen (secondary N) is 1. The van der Waals surface area contributed by atoms with Crippen molar-refractivity contribution in [1.82, 2.24) is 9.88 Å². The number of nitrogens with zero attached hydrogens (tertiary/aromatic N) is 3. The van der Waals surface area contributed by atoms with E-state index in [2.05, 4.69) is 38.2 Å². The van der Waals surface area contributed by atoms with Gasteiger partial charge in [0.15, 0.2) is 5.58 Å². The molecule has 2 saturated carbocycles. The van der Waals surface area contributed by atoms with Crippen LogP contribution in [-0.2, 0) is 0 Å². The third-order valence-electron chi connectivity index (χ3n) is 6.21. The minimum atomic E-state index is -0.161. The topological polar surface area (TPSA) is 85.3 Å². The van der Waals surface area contributed by atoms with Crippen LogP contribution >= 0.6 is 15.9 Å². The molecule has 0 saturated heterocycles. The third kappa shape index (κ3) is 3.71. The van der Waals surface area contributed by atoms with Gasteiger partial charge in [0.05, 0.1) is 16.8 Å². The Labute approximate surface area is 167 Å². The summed E-state index contributed by atoms with van der Waals surface area (Å²) in [7, 11) is 2.18. The lowest BCUT2D eigenvalue weighted by Crippen LogP contribution is -2.46. The maximum Gasteiger partial charge on any atom is 0.204 e. The van der Waals surface area contributed by atoms with Gasteiger partial charge in [0, 0.05) is 29.6 Å². The molecule has 2 heterocycles. The summed E-state index contributed by atoms with van der Waals surface area (Å²) in [5.41, 5.74) is 0.615. The maximum absolute atomic E-state index is 10.2. The van der Waals surface area contributed by atoms with Gasteiger partial charge in [-0.3, -0.25) is 4.90 Å². The van der Waals surface area contributed by atoms with E-state index in [0.29, 0.717) is 29.5 Å². The second-order valence-corrected chi connectivity index (χ2v) is 8.60. The molecule has 2 atom stereocenters. The summed E-state index contributed by atoms with van der Waals surface area (Å²) in [4.78, 5) is 6.89. The quantitative estimate of drug-likeness (QED) is 0.758. The number of aliphatic hydroxyl groups excluding tert-OH is 1. The number of halogens is 1. The van der Waals surface area contributed by atoms with Crippen molar-refractivity contribution in [2.24, 2.45) is 0 Å². The molecule has 7 heteroatoms. The van der Waals surface area contributed by atoms with Gasteiger partial charge in [-0.05, 0) is 67.9 Å². The first-order valence-corrected chi connectivity index (χ1v) is 10.5. The van der Waals surface area contributed by atoms with E-state index in [1.54, 1.807) is 12.3 Å². The van der Waals surface area contributed by atoms with Crippen molar-refractivity contribution in [3.8, 4) is 6.07 Å². The summed E-state index contributed by atoms with van der Waals surface area (Å²) in [5, 5.41) is 23.6. The van der Waals surface area contributed by atoms with Crippen molar-refractivity contribution in [2.75, 3.05) is 12.4 Å². The van der Waals surface area contributed by atoms with Crippen LogP contribution < -0.4 is 5.32 Å². The van der Waals surface area contributed by atoms with Gasteiger partial charge in [0.2, 0.25) is 5.76 Å². The second-order valence-electron chi connectivity index (χ2n) is 7.80. The molecule has 2 aliphatic carbocycles. The van der Waals surface area contributed by atoms with Crippen LogP contribution in [-0.4, -0.2) is 46.3 Å². The molecule has 2 aromatic heterocycles. The zero-order valence-corrected chi connectivity index (χ0v) is 17.1. The van der Waals surface area contributed by atoms with Crippen molar-refractivity contribution < 1.29 is 9.52 Å². The molecule has 144 valence electrons. The largest absolute Gasteiger partial charge is 0.444 e. The van der Waals surface area contributed by atoms with Gasteiger partial charge in [-0.1, -0.05) is 0 Å². The van der Waals surface area contributed by atoms with Gasteiger partial charge in [-0.2, -0.15) is 5.26 Å². The number of nitriles is 1. The molecule has 2 fully saturated rings. The summed E-state index contributed by atoms with van der Waals surface area (Å²) in [6.07, 6.45) is 9.12. The molecular weight excluding hydrogens is 408 g/mol. The highest BCUT2D eigenvalue weighted by Gasteiger charge is 2.34. The molecular formula is C20H25BrN4O2.